The minimum Gasteiger partial charge on any atom is -0.324 e. The molecule has 144 valence electrons. The van der Waals surface area contributed by atoms with Crippen LogP contribution in [0.25, 0.3) is 6.08 Å². The van der Waals surface area contributed by atoms with Gasteiger partial charge in [0.2, 0.25) is 5.91 Å². The maximum atomic E-state index is 12.6. The Kier molecular flexibility index (Phi) is 6.13. The van der Waals surface area contributed by atoms with Crippen molar-refractivity contribution in [1.29, 1.82) is 0 Å². The number of aryl methyl sites for hydroxylation is 2. The van der Waals surface area contributed by atoms with Crippen LogP contribution in [0.5, 0.6) is 0 Å². The summed E-state index contributed by atoms with van der Waals surface area (Å²) < 4.78 is 0. The largest absolute Gasteiger partial charge is 0.324 e. The van der Waals surface area contributed by atoms with Gasteiger partial charge in [-0.25, -0.2) is 0 Å². The van der Waals surface area contributed by atoms with Gasteiger partial charge in [-0.1, -0.05) is 53.0 Å². The Bertz CT molecular complexity index is 1020. The van der Waals surface area contributed by atoms with Gasteiger partial charge in [0.25, 0.3) is 11.1 Å². The summed E-state index contributed by atoms with van der Waals surface area (Å²) in [5.74, 6) is -0.988. The van der Waals surface area contributed by atoms with Gasteiger partial charge in [0.05, 0.1) is 15.0 Å². The minimum absolute atomic E-state index is 0.188. The number of amides is 3. The standard InChI is InChI=1S/C20H16Cl2N2O3S/c1-11-6-7-15(12(2)8-11)23-17(25)10-24-19(26)16(28-20(24)27)9-13-4-3-5-14(21)18(13)22/h3-9H,10H2,1-2H3,(H,23,25)/b16-9+. The van der Waals surface area contributed by atoms with Crippen LogP contribution in [-0.2, 0) is 9.59 Å². The molecule has 1 N–H and O–H groups in total. The van der Waals surface area contributed by atoms with Crippen molar-refractivity contribution in [2.24, 2.45) is 0 Å². The molecule has 0 atom stereocenters. The summed E-state index contributed by atoms with van der Waals surface area (Å²) in [5.41, 5.74) is 3.15. The fourth-order valence-corrected chi connectivity index (χ4v) is 3.89. The van der Waals surface area contributed by atoms with E-state index in [1.807, 2.05) is 26.0 Å². The van der Waals surface area contributed by atoms with Gasteiger partial charge in [0, 0.05) is 5.69 Å². The zero-order valence-corrected chi connectivity index (χ0v) is 17.4. The Morgan fingerprint density at radius 3 is 2.64 bits per heavy atom. The maximum Gasteiger partial charge on any atom is 0.294 e. The number of nitrogens with zero attached hydrogens (tertiary/aromatic N) is 1. The van der Waals surface area contributed by atoms with Crippen molar-refractivity contribution in [1.82, 2.24) is 4.90 Å². The van der Waals surface area contributed by atoms with Crippen LogP contribution in [0, 0.1) is 13.8 Å². The van der Waals surface area contributed by atoms with E-state index in [0.717, 1.165) is 27.8 Å². The van der Waals surface area contributed by atoms with E-state index in [1.54, 1.807) is 24.3 Å². The van der Waals surface area contributed by atoms with Crippen molar-refractivity contribution in [3.05, 3.63) is 68.0 Å². The molecule has 0 spiro atoms. The van der Waals surface area contributed by atoms with E-state index >= 15 is 0 Å². The number of carbonyl (C=O) groups excluding carboxylic acids is 3. The third-order valence-electron chi connectivity index (χ3n) is 4.10. The molecule has 1 heterocycles. The van der Waals surface area contributed by atoms with Crippen molar-refractivity contribution in [3.63, 3.8) is 0 Å². The van der Waals surface area contributed by atoms with Gasteiger partial charge in [0.1, 0.15) is 6.54 Å². The van der Waals surface area contributed by atoms with Crippen molar-refractivity contribution >= 4 is 63.8 Å². The molecule has 0 aromatic heterocycles. The summed E-state index contributed by atoms with van der Waals surface area (Å²) in [6.45, 7) is 3.47. The highest BCUT2D eigenvalue weighted by atomic mass is 35.5. The smallest absolute Gasteiger partial charge is 0.294 e. The van der Waals surface area contributed by atoms with Gasteiger partial charge in [-0.2, -0.15) is 0 Å². The number of halogens is 2. The number of anilines is 1. The van der Waals surface area contributed by atoms with Gasteiger partial charge in [-0.15, -0.1) is 0 Å². The fourth-order valence-electron chi connectivity index (χ4n) is 2.70. The lowest BCUT2D eigenvalue weighted by Crippen LogP contribution is -2.36. The van der Waals surface area contributed by atoms with Crippen LogP contribution in [0.4, 0.5) is 10.5 Å². The topological polar surface area (TPSA) is 66.5 Å². The second-order valence-corrected chi connectivity index (χ2v) is 8.06. The van der Waals surface area contributed by atoms with Crippen LogP contribution >= 0.6 is 35.0 Å². The number of hydrogen-bond acceptors (Lipinski definition) is 4. The molecule has 28 heavy (non-hydrogen) atoms. The molecule has 8 heteroatoms. The Hall–Kier alpha value is -2.28. The van der Waals surface area contributed by atoms with Gasteiger partial charge >= 0.3 is 0 Å². The first-order valence-corrected chi connectivity index (χ1v) is 9.90. The monoisotopic (exact) mass is 434 g/mol. The van der Waals surface area contributed by atoms with Crippen LogP contribution in [0.1, 0.15) is 16.7 Å². The average molecular weight is 435 g/mol. The molecule has 0 aliphatic carbocycles. The molecule has 0 bridgehead atoms. The van der Waals surface area contributed by atoms with Crippen molar-refractivity contribution in [2.75, 3.05) is 11.9 Å². The molecular weight excluding hydrogens is 419 g/mol. The second-order valence-electron chi connectivity index (χ2n) is 6.28. The minimum atomic E-state index is -0.540. The first kappa shape index (κ1) is 20.5. The molecule has 0 radical (unpaired) electrons. The molecule has 1 aliphatic heterocycles. The van der Waals surface area contributed by atoms with Crippen molar-refractivity contribution in [3.8, 4) is 0 Å². The highest BCUT2D eigenvalue weighted by Gasteiger charge is 2.36. The third-order valence-corrected chi connectivity index (χ3v) is 5.84. The molecule has 3 amide bonds. The normalized spacial score (nSPS) is 15.4. The van der Waals surface area contributed by atoms with E-state index in [1.165, 1.54) is 6.08 Å². The highest BCUT2D eigenvalue weighted by Crippen LogP contribution is 2.35. The fraction of sp³-hybridized carbons (Fsp3) is 0.150. The predicted octanol–water partition coefficient (Wildman–Crippen LogP) is 5.29. The number of imide groups is 1. The molecule has 5 nitrogen and oxygen atoms in total. The number of rotatable bonds is 4. The number of benzene rings is 2. The van der Waals surface area contributed by atoms with E-state index in [0.29, 0.717) is 21.3 Å². The molecule has 1 aliphatic rings. The summed E-state index contributed by atoms with van der Waals surface area (Å²) in [6, 6.07) is 10.6. The molecule has 0 saturated carbocycles. The van der Waals surface area contributed by atoms with Gasteiger partial charge in [-0.05, 0) is 54.9 Å². The Balaban J connectivity index is 1.74. The van der Waals surface area contributed by atoms with E-state index in [-0.39, 0.29) is 11.4 Å². The Morgan fingerprint density at radius 2 is 1.93 bits per heavy atom. The van der Waals surface area contributed by atoms with Gasteiger partial charge in [0.15, 0.2) is 0 Å². The first-order valence-electron chi connectivity index (χ1n) is 8.32. The maximum absolute atomic E-state index is 12.6. The lowest BCUT2D eigenvalue weighted by molar-refractivity contribution is -0.127. The summed E-state index contributed by atoms with van der Waals surface area (Å²) in [6.07, 6.45) is 1.50. The summed E-state index contributed by atoms with van der Waals surface area (Å²) >= 11 is 12.9. The summed E-state index contributed by atoms with van der Waals surface area (Å²) in [5, 5.41) is 2.87. The molecule has 2 aromatic rings. The number of thioether (sulfide) groups is 1. The van der Waals surface area contributed by atoms with Crippen molar-refractivity contribution < 1.29 is 14.4 Å². The van der Waals surface area contributed by atoms with Crippen LogP contribution < -0.4 is 5.32 Å². The van der Waals surface area contributed by atoms with E-state index in [4.69, 9.17) is 23.2 Å². The average Bonchev–Trinajstić information content (AvgIpc) is 2.89. The van der Waals surface area contributed by atoms with Crippen LogP contribution in [0.15, 0.2) is 41.3 Å². The number of hydrogen-bond donors (Lipinski definition) is 1. The lowest BCUT2D eigenvalue weighted by Gasteiger charge is -2.14. The highest BCUT2D eigenvalue weighted by molar-refractivity contribution is 8.18. The molecule has 1 saturated heterocycles. The summed E-state index contributed by atoms with van der Waals surface area (Å²) in [4.78, 5) is 38.2. The zero-order chi connectivity index (χ0) is 20.4. The van der Waals surface area contributed by atoms with E-state index < -0.39 is 17.1 Å². The second kappa shape index (κ2) is 8.39. The molecule has 0 unspecified atom stereocenters. The Labute approximate surface area is 176 Å². The van der Waals surface area contributed by atoms with Gasteiger partial charge < -0.3 is 5.32 Å². The number of carbonyl (C=O) groups is 3. The number of nitrogens with one attached hydrogen (secondary N) is 1. The quantitative estimate of drug-likeness (QED) is 0.664. The molecular formula is C20H16Cl2N2O3S. The van der Waals surface area contributed by atoms with Crippen LogP contribution in [0.2, 0.25) is 10.0 Å². The SMILES string of the molecule is Cc1ccc(NC(=O)CN2C(=O)S/C(=C/c3cccc(Cl)c3Cl)C2=O)c(C)c1. The van der Waals surface area contributed by atoms with Gasteiger partial charge in [-0.3, -0.25) is 19.3 Å². The molecule has 1 fully saturated rings. The van der Waals surface area contributed by atoms with E-state index in [9.17, 15) is 14.4 Å². The van der Waals surface area contributed by atoms with Crippen LogP contribution in [-0.4, -0.2) is 28.5 Å². The Morgan fingerprint density at radius 1 is 1.18 bits per heavy atom. The predicted molar refractivity (Wildman–Crippen MR) is 114 cm³/mol. The summed E-state index contributed by atoms with van der Waals surface area (Å²) in [7, 11) is 0. The zero-order valence-electron chi connectivity index (χ0n) is 15.1. The van der Waals surface area contributed by atoms with Crippen LogP contribution in [0.3, 0.4) is 0 Å². The molecule has 2 aromatic carbocycles. The lowest BCUT2D eigenvalue weighted by atomic mass is 10.1. The van der Waals surface area contributed by atoms with E-state index in [2.05, 4.69) is 5.32 Å². The molecule has 3 rings (SSSR count). The third kappa shape index (κ3) is 4.41. The van der Waals surface area contributed by atoms with Crippen molar-refractivity contribution in [2.45, 2.75) is 13.8 Å². The first-order chi connectivity index (χ1) is 13.3.